The standard InChI is InChI=1S/C18H24N6O/c1-11-16-7-14(10-20-18(16)24(3)23-11)9-19-15-5-4-13(6-15)8-17-22-21-12(2)25-17/h7,10,13,15,19H,4-6,8-9H2,1-3H3/t13-,15+/m1/s1. The Hall–Kier alpha value is -2.28. The highest BCUT2D eigenvalue weighted by Gasteiger charge is 2.26. The molecule has 0 bridgehead atoms. The number of nitrogens with zero attached hydrogens (tertiary/aromatic N) is 5. The summed E-state index contributed by atoms with van der Waals surface area (Å²) in [5.74, 6) is 2.04. The predicted octanol–water partition coefficient (Wildman–Crippen LogP) is 2.47. The Morgan fingerprint density at radius 3 is 2.96 bits per heavy atom. The molecule has 3 aromatic heterocycles. The SMILES string of the molecule is Cc1nnc(C[C@@H]2CC[C@H](NCc3cnc4c(c3)c(C)nn4C)C2)o1. The van der Waals surface area contributed by atoms with E-state index in [2.05, 4.69) is 31.7 Å². The molecule has 132 valence electrons. The number of fused-ring (bicyclic) bond motifs is 1. The second-order valence-electron chi connectivity index (χ2n) is 7.10. The zero-order valence-electron chi connectivity index (χ0n) is 15.0. The minimum atomic E-state index is 0.541. The largest absolute Gasteiger partial charge is 0.426 e. The van der Waals surface area contributed by atoms with Crippen LogP contribution < -0.4 is 5.32 Å². The van der Waals surface area contributed by atoms with Crippen LogP contribution in [0.15, 0.2) is 16.7 Å². The molecule has 2 atom stereocenters. The Labute approximate surface area is 146 Å². The van der Waals surface area contributed by atoms with E-state index in [1.54, 1.807) is 0 Å². The van der Waals surface area contributed by atoms with Crippen LogP contribution in [0.3, 0.4) is 0 Å². The molecule has 25 heavy (non-hydrogen) atoms. The molecule has 0 saturated heterocycles. The normalized spacial score (nSPS) is 20.6. The molecule has 0 unspecified atom stereocenters. The van der Waals surface area contributed by atoms with Gasteiger partial charge in [-0.3, -0.25) is 4.68 Å². The Kier molecular flexibility index (Phi) is 4.25. The van der Waals surface area contributed by atoms with Gasteiger partial charge in [-0.2, -0.15) is 5.10 Å². The van der Waals surface area contributed by atoms with Crippen molar-refractivity contribution < 1.29 is 4.42 Å². The quantitative estimate of drug-likeness (QED) is 0.768. The first-order chi connectivity index (χ1) is 12.1. The van der Waals surface area contributed by atoms with Crippen LogP contribution in [-0.2, 0) is 20.0 Å². The van der Waals surface area contributed by atoms with E-state index in [1.807, 2.05) is 31.8 Å². The molecule has 0 aromatic carbocycles. The molecule has 1 N–H and O–H groups in total. The van der Waals surface area contributed by atoms with Crippen LogP contribution in [-0.4, -0.2) is 31.0 Å². The van der Waals surface area contributed by atoms with E-state index in [1.165, 1.54) is 18.4 Å². The molecule has 1 saturated carbocycles. The summed E-state index contributed by atoms with van der Waals surface area (Å²) < 4.78 is 7.34. The average Bonchev–Trinajstić information content (AvgIpc) is 3.27. The number of hydrogen-bond donors (Lipinski definition) is 1. The van der Waals surface area contributed by atoms with E-state index in [0.29, 0.717) is 17.9 Å². The van der Waals surface area contributed by atoms with Gasteiger partial charge >= 0.3 is 0 Å². The fraction of sp³-hybridized carbons (Fsp3) is 0.556. The highest BCUT2D eigenvalue weighted by molar-refractivity contribution is 5.78. The van der Waals surface area contributed by atoms with Gasteiger partial charge in [0, 0.05) is 44.6 Å². The van der Waals surface area contributed by atoms with E-state index < -0.39 is 0 Å². The molecule has 7 nitrogen and oxygen atoms in total. The lowest BCUT2D eigenvalue weighted by molar-refractivity contribution is 0.409. The van der Waals surface area contributed by atoms with Gasteiger partial charge in [0.2, 0.25) is 11.8 Å². The molecule has 3 aromatic rings. The molecule has 0 aliphatic heterocycles. The summed E-state index contributed by atoms with van der Waals surface area (Å²) in [5, 5.41) is 17.3. The van der Waals surface area contributed by atoms with E-state index >= 15 is 0 Å². The van der Waals surface area contributed by atoms with Gasteiger partial charge in [-0.15, -0.1) is 10.2 Å². The number of rotatable bonds is 5. The van der Waals surface area contributed by atoms with Crippen LogP contribution >= 0.6 is 0 Å². The molecule has 1 aliphatic carbocycles. The van der Waals surface area contributed by atoms with Gasteiger partial charge in [0.25, 0.3) is 0 Å². The minimum Gasteiger partial charge on any atom is -0.426 e. The van der Waals surface area contributed by atoms with Gasteiger partial charge in [0.1, 0.15) is 0 Å². The smallest absolute Gasteiger partial charge is 0.216 e. The number of hydrogen-bond acceptors (Lipinski definition) is 6. The van der Waals surface area contributed by atoms with Crippen LogP contribution in [0.25, 0.3) is 11.0 Å². The maximum absolute atomic E-state index is 5.51. The van der Waals surface area contributed by atoms with E-state index in [4.69, 9.17) is 4.42 Å². The summed E-state index contributed by atoms with van der Waals surface area (Å²) in [7, 11) is 1.93. The molecule has 3 heterocycles. The first kappa shape index (κ1) is 16.2. The number of aryl methyl sites for hydroxylation is 3. The van der Waals surface area contributed by atoms with Crippen LogP contribution in [0.2, 0.25) is 0 Å². The van der Waals surface area contributed by atoms with Gasteiger partial charge < -0.3 is 9.73 Å². The van der Waals surface area contributed by atoms with Gasteiger partial charge in [0.15, 0.2) is 5.65 Å². The number of nitrogens with one attached hydrogen (secondary N) is 1. The summed E-state index contributed by atoms with van der Waals surface area (Å²) in [6.45, 7) is 4.71. The third kappa shape index (κ3) is 3.42. The van der Waals surface area contributed by atoms with Crippen molar-refractivity contribution in [2.75, 3.05) is 0 Å². The van der Waals surface area contributed by atoms with Crippen molar-refractivity contribution >= 4 is 11.0 Å². The number of pyridine rings is 1. The first-order valence-electron chi connectivity index (χ1n) is 8.89. The monoisotopic (exact) mass is 340 g/mol. The van der Waals surface area contributed by atoms with Crippen molar-refractivity contribution in [3.63, 3.8) is 0 Å². The fourth-order valence-corrected chi connectivity index (χ4v) is 3.82. The Morgan fingerprint density at radius 2 is 2.16 bits per heavy atom. The zero-order valence-corrected chi connectivity index (χ0v) is 15.0. The predicted molar refractivity (Wildman–Crippen MR) is 94.0 cm³/mol. The van der Waals surface area contributed by atoms with Crippen LogP contribution in [0.5, 0.6) is 0 Å². The van der Waals surface area contributed by atoms with Gasteiger partial charge in [0.05, 0.1) is 5.69 Å². The zero-order chi connectivity index (χ0) is 17.4. The molecule has 1 fully saturated rings. The second-order valence-corrected chi connectivity index (χ2v) is 7.10. The Bertz CT molecular complexity index is 883. The highest BCUT2D eigenvalue weighted by Crippen LogP contribution is 2.28. The molecule has 0 radical (unpaired) electrons. The molecule has 4 rings (SSSR count). The summed E-state index contributed by atoms with van der Waals surface area (Å²) in [6, 6.07) is 2.74. The lowest BCUT2D eigenvalue weighted by Gasteiger charge is -2.13. The summed E-state index contributed by atoms with van der Waals surface area (Å²) in [6.07, 6.45) is 6.39. The molecule has 1 aliphatic rings. The van der Waals surface area contributed by atoms with Crippen LogP contribution in [0.4, 0.5) is 0 Å². The van der Waals surface area contributed by atoms with Gasteiger partial charge in [-0.05, 0) is 43.7 Å². The Balaban J connectivity index is 1.33. The number of aromatic nitrogens is 5. The van der Waals surface area contributed by atoms with E-state index in [-0.39, 0.29) is 0 Å². The molecular weight excluding hydrogens is 316 g/mol. The van der Waals surface area contributed by atoms with Crippen molar-refractivity contribution in [3.8, 4) is 0 Å². The van der Waals surface area contributed by atoms with Gasteiger partial charge in [-0.25, -0.2) is 4.98 Å². The van der Waals surface area contributed by atoms with Crippen molar-refractivity contribution in [2.45, 2.75) is 52.1 Å². The molecule has 0 spiro atoms. The molecule has 7 heteroatoms. The Morgan fingerprint density at radius 1 is 1.28 bits per heavy atom. The third-order valence-corrected chi connectivity index (χ3v) is 5.09. The maximum Gasteiger partial charge on any atom is 0.216 e. The van der Waals surface area contributed by atoms with Crippen molar-refractivity contribution in [2.24, 2.45) is 13.0 Å². The minimum absolute atomic E-state index is 0.541. The summed E-state index contributed by atoms with van der Waals surface area (Å²) >= 11 is 0. The fourth-order valence-electron chi connectivity index (χ4n) is 3.82. The highest BCUT2D eigenvalue weighted by atomic mass is 16.4. The van der Waals surface area contributed by atoms with Crippen LogP contribution in [0.1, 0.15) is 42.3 Å². The first-order valence-corrected chi connectivity index (χ1v) is 8.89. The lowest BCUT2D eigenvalue weighted by atomic mass is 10.0. The van der Waals surface area contributed by atoms with Crippen molar-refractivity contribution in [1.82, 2.24) is 30.3 Å². The average molecular weight is 340 g/mol. The summed E-state index contributed by atoms with van der Waals surface area (Å²) in [5.41, 5.74) is 3.18. The van der Waals surface area contributed by atoms with Gasteiger partial charge in [-0.1, -0.05) is 0 Å². The van der Waals surface area contributed by atoms with Crippen LogP contribution in [0, 0.1) is 19.8 Å². The lowest BCUT2D eigenvalue weighted by Crippen LogP contribution is -2.26. The van der Waals surface area contributed by atoms with E-state index in [0.717, 1.165) is 42.0 Å². The van der Waals surface area contributed by atoms with Crippen molar-refractivity contribution in [1.29, 1.82) is 0 Å². The topological polar surface area (TPSA) is 81.7 Å². The van der Waals surface area contributed by atoms with Crippen molar-refractivity contribution in [3.05, 3.63) is 35.3 Å². The maximum atomic E-state index is 5.51. The third-order valence-electron chi connectivity index (χ3n) is 5.09. The summed E-state index contributed by atoms with van der Waals surface area (Å²) in [4.78, 5) is 4.55. The molecule has 0 amide bonds. The molecular formula is C18H24N6O. The second kappa shape index (κ2) is 6.55. The van der Waals surface area contributed by atoms with E-state index in [9.17, 15) is 0 Å².